The zero-order valence-corrected chi connectivity index (χ0v) is 18.8. The Kier molecular flexibility index (Phi) is 6.08. The third-order valence-electron chi connectivity index (χ3n) is 5.40. The van der Waals surface area contributed by atoms with E-state index in [0.29, 0.717) is 12.0 Å². The number of carbonyl (C=O) groups excluding carboxylic acids is 1. The van der Waals surface area contributed by atoms with Crippen LogP contribution in [0.4, 0.5) is 0 Å². The van der Waals surface area contributed by atoms with Crippen LogP contribution in [-0.4, -0.2) is 27.9 Å². The van der Waals surface area contributed by atoms with Crippen molar-refractivity contribution in [1.82, 2.24) is 4.98 Å². The first-order valence-electron chi connectivity index (χ1n) is 9.85. The summed E-state index contributed by atoms with van der Waals surface area (Å²) in [5, 5.41) is 11.8. The fourth-order valence-corrected chi connectivity index (χ4v) is 4.77. The molecule has 29 heavy (non-hydrogen) atoms. The van der Waals surface area contributed by atoms with E-state index in [1.807, 2.05) is 58.2 Å². The summed E-state index contributed by atoms with van der Waals surface area (Å²) in [7, 11) is 0. The Hall–Kier alpha value is -2.27. The molecule has 1 aliphatic rings. The number of pyridine rings is 1. The molecule has 1 aliphatic heterocycles. The maximum atomic E-state index is 12.9. The molecule has 5 heteroatoms. The van der Waals surface area contributed by atoms with Crippen LogP contribution in [0, 0.1) is 33.1 Å². The molecule has 0 saturated heterocycles. The van der Waals surface area contributed by atoms with Crippen LogP contribution in [0.5, 0.6) is 0 Å². The van der Waals surface area contributed by atoms with Gasteiger partial charge in [-0.1, -0.05) is 37.6 Å². The quantitative estimate of drug-likeness (QED) is 0.504. The number of carbonyl (C=O) groups is 1. The van der Waals surface area contributed by atoms with Gasteiger partial charge in [-0.25, -0.2) is 9.78 Å². The fraction of sp³-hybridized carbons (Fsp3) is 0.417. The maximum absolute atomic E-state index is 12.9. The van der Waals surface area contributed by atoms with Crippen LogP contribution in [-0.2, 0) is 9.53 Å². The van der Waals surface area contributed by atoms with Crippen molar-refractivity contribution in [1.29, 1.82) is 0 Å². The highest BCUT2D eigenvalue weighted by Crippen LogP contribution is 2.40. The molecule has 0 spiro atoms. The van der Waals surface area contributed by atoms with Crippen molar-refractivity contribution in [3.8, 4) is 0 Å². The summed E-state index contributed by atoms with van der Waals surface area (Å²) in [6.07, 6.45) is 1.79. The molecule has 0 aliphatic carbocycles. The number of hydrogen-bond acceptors (Lipinski definition) is 5. The lowest BCUT2D eigenvalue weighted by molar-refractivity contribution is -0.149. The minimum absolute atomic E-state index is 0.118. The van der Waals surface area contributed by atoms with Crippen LogP contribution in [0.1, 0.15) is 48.1 Å². The zero-order chi connectivity index (χ0) is 21.3. The van der Waals surface area contributed by atoms with Crippen LogP contribution in [0.15, 0.2) is 41.2 Å². The van der Waals surface area contributed by atoms with Gasteiger partial charge in [-0.05, 0) is 56.0 Å². The highest BCUT2D eigenvalue weighted by molar-refractivity contribution is 7.99. The Balaban J connectivity index is 1.81. The van der Waals surface area contributed by atoms with Gasteiger partial charge >= 0.3 is 5.97 Å². The highest BCUT2D eigenvalue weighted by atomic mass is 32.2. The molecule has 0 saturated carbocycles. The second-order valence-corrected chi connectivity index (χ2v) is 9.64. The normalized spacial score (nSPS) is 17.4. The molecule has 2 heterocycles. The first kappa shape index (κ1) is 21.4. The average molecular weight is 412 g/mol. The summed E-state index contributed by atoms with van der Waals surface area (Å²) in [5.74, 6) is 0.403. The first-order chi connectivity index (χ1) is 13.6. The van der Waals surface area contributed by atoms with Crippen LogP contribution in [0.25, 0.3) is 5.57 Å². The summed E-state index contributed by atoms with van der Waals surface area (Å²) < 4.78 is 5.85. The van der Waals surface area contributed by atoms with Gasteiger partial charge in [0.15, 0.2) is 0 Å². The standard InChI is InChI=1S/C24H29NO3S/c1-14-7-8-20(25-12-14)29-13-24(5,6)19-11-18(26)22(23(27)28-19)21-16(3)9-15(2)10-17(21)4/h7-10,12,19,26H,11,13H2,1-6H3. The lowest BCUT2D eigenvalue weighted by Gasteiger charge is -2.36. The predicted octanol–water partition coefficient (Wildman–Crippen LogP) is 5.72. The van der Waals surface area contributed by atoms with Crippen molar-refractivity contribution in [2.75, 3.05) is 5.75 Å². The second-order valence-electron chi connectivity index (χ2n) is 8.64. The van der Waals surface area contributed by atoms with Crippen LogP contribution in [0.3, 0.4) is 0 Å². The number of nitrogens with zero attached hydrogens (tertiary/aromatic N) is 1. The number of aliphatic hydroxyl groups excluding tert-OH is 1. The van der Waals surface area contributed by atoms with E-state index in [4.69, 9.17) is 4.74 Å². The zero-order valence-electron chi connectivity index (χ0n) is 18.0. The number of rotatable bonds is 5. The van der Waals surface area contributed by atoms with Gasteiger partial charge in [0.2, 0.25) is 0 Å². The fourth-order valence-electron chi connectivity index (χ4n) is 3.77. The van der Waals surface area contributed by atoms with E-state index in [0.717, 1.165) is 38.6 Å². The van der Waals surface area contributed by atoms with E-state index in [1.165, 1.54) is 0 Å². The van der Waals surface area contributed by atoms with Crippen molar-refractivity contribution in [2.24, 2.45) is 5.41 Å². The molecule has 1 atom stereocenters. The van der Waals surface area contributed by atoms with E-state index in [2.05, 4.69) is 18.8 Å². The number of cyclic esters (lactones) is 1. The second kappa shape index (κ2) is 8.23. The number of aliphatic hydroxyl groups is 1. The number of ether oxygens (including phenoxy) is 1. The Morgan fingerprint density at radius 1 is 1.14 bits per heavy atom. The molecular weight excluding hydrogens is 382 g/mol. The molecule has 3 rings (SSSR count). The molecule has 0 amide bonds. The largest absolute Gasteiger partial charge is 0.511 e. The molecule has 1 aromatic carbocycles. The van der Waals surface area contributed by atoms with E-state index in [9.17, 15) is 9.90 Å². The molecule has 154 valence electrons. The van der Waals surface area contributed by atoms with Gasteiger partial charge in [0.05, 0.1) is 5.03 Å². The summed E-state index contributed by atoms with van der Waals surface area (Å²) in [6.45, 7) is 12.1. The molecule has 0 bridgehead atoms. The first-order valence-corrected chi connectivity index (χ1v) is 10.8. The lowest BCUT2D eigenvalue weighted by Crippen LogP contribution is -2.39. The Bertz CT molecular complexity index is 938. The minimum atomic E-state index is -0.444. The molecular formula is C24H29NO3S. The highest BCUT2D eigenvalue weighted by Gasteiger charge is 2.40. The predicted molar refractivity (Wildman–Crippen MR) is 118 cm³/mol. The van der Waals surface area contributed by atoms with Crippen LogP contribution >= 0.6 is 11.8 Å². The minimum Gasteiger partial charge on any atom is -0.511 e. The van der Waals surface area contributed by atoms with Gasteiger partial charge in [0.25, 0.3) is 0 Å². The van der Waals surface area contributed by atoms with E-state index >= 15 is 0 Å². The number of aryl methyl sites for hydroxylation is 4. The number of aromatic nitrogens is 1. The van der Waals surface area contributed by atoms with E-state index in [1.54, 1.807) is 11.8 Å². The molecule has 2 aromatic rings. The van der Waals surface area contributed by atoms with Crippen molar-refractivity contribution < 1.29 is 14.6 Å². The topological polar surface area (TPSA) is 59.4 Å². The molecule has 1 N–H and O–H groups in total. The smallest absolute Gasteiger partial charge is 0.342 e. The summed E-state index contributed by atoms with van der Waals surface area (Å²) in [5.41, 5.74) is 4.98. The Morgan fingerprint density at radius 2 is 1.79 bits per heavy atom. The monoisotopic (exact) mass is 411 g/mol. The van der Waals surface area contributed by atoms with Crippen molar-refractivity contribution in [3.05, 3.63) is 64.0 Å². The third kappa shape index (κ3) is 4.67. The molecule has 4 nitrogen and oxygen atoms in total. The number of hydrogen-bond donors (Lipinski definition) is 1. The van der Waals surface area contributed by atoms with Gasteiger partial charge in [0.1, 0.15) is 17.4 Å². The van der Waals surface area contributed by atoms with Gasteiger partial charge < -0.3 is 9.84 Å². The number of esters is 1. The molecule has 0 fully saturated rings. The van der Waals surface area contributed by atoms with E-state index in [-0.39, 0.29) is 17.3 Å². The maximum Gasteiger partial charge on any atom is 0.342 e. The van der Waals surface area contributed by atoms with E-state index < -0.39 is 5.97 Å². The van der Waals surface area contributed by atoms with Crippen molar-refractivity contribution in [3.63, 3.8) is 0 Å². The van der Waals surface area contributed by atoms with Gasteiger partial charge in [-0.15, -0.1) is 11.8 Å². The molecule has 0 radical (unpaired) electrons. The third-order valence-corrected chi connectivity index (χ3v) is 6.82. The van der Waals surface area contributed by atoms with Crippen LogP contribution < -0.4 is 0 Å². The number of thioether (sulfide) groups is 1. The Labute approximate surface area is 177 Å². The summed E-state index contributed by atoms with van der Waals surface area (Å²) in [4.78, 5) is 17.3. The Morgan fingerprint density at radius 3 is 2.34 bits per heavy atom. The van der Waals surface area contributed by atoms with Crippen molar-refractivity contribution >= 4 is 23.3 Å². The van der Waals surface area contributed by atoms with Crippen LogP contribution in [0.2, 0.25) is 0 Å². The SMILES string of the molecule is Cc1ccc(SCC(C)(C)C2CC(O)=C(c3c(C)cc(C)cc3C)C(=O)O2)nc1. The molecule has 1 aromatic heterocycles. The number of benzene rings is 1. The van der Waals surface area contributed by atoms with Gasteiger partial charge in [-0.2, -0.15) is 0 Å². The van der Waals surface area contributed by atoms with Gasteiger partial charge in [-0.3, -0.25) is 0 Å². The van der Waals surface area contributed by atoms with Crippen molar-refractivity contribution in [2.45, 2.75) is 59.1 Å². The molecule has 1 unspecified atom stereocenters. The average Bonchev–Trinajstić information content (AvgIpc) is 2.62. The van der Waals surface area contributed by atoms with Gasteiger partial charge in [0, 0.05) is 23.8 Å². The summed E-state index contributed by atoms with van der Waals surface area (Å²) >= 11 is 1.64. The lowest BCUT2D eigenvalue weighted by atomic mass is 9.83. The summed E-state index contributed by atoms with van der Waals surface area (Å²) in [6, 6.07) is 8.09.